The molecule has 2 N–H and O–H groups in total. The maximum absolute atomic E-state index is 14.0. The summed E-state index contributed by atoms with van der Waals surface area (Å²) in [6.07, 6.45) is 0.699. The zero-order valence-corrected chi connectivity index (χ0v) is 18.4. The van der Waals surface area contributed by atoms with Crippen LogP contribution >= 0.6 is 0 Å². The molecule has 1 amide bonds. The van der Waals surface area contributed by atoms with Gasteiger partial charge in [-0.2, -0.15) is 0 Å². The second kappa shape index (κ2) is 10.5. The Kier molecular flexibility index (Phi) is 7.30. The third-order valence-corrected chi connectivity index (χ3v) is 6.31. The fraction of sp³-hybridized carbons (Fsp3) is 0.296. The van der Waals surface area contributed by atoms with Gasteiger partial charge in [-0.05, 0) is 23.6 Å². The van der Waals surface area contributed by atoms with Gasteiger partial charge in [0.25, 0.3) is 0 Å². The minimum Gasteiger partial charge on any atom is -0.358 e. The predicted octanol–water partition coefficient (Wildman–Crippen LogP) is 3.94. The number of likely N-dealkylation sites (N-methyl/N-ethyl adjacent to an activating group) is 1. The molecule has 1 fully saturated rings. The first-order valence-electron chi connectivity index (χ1n) is 11.2. The molecule has 4 nitrogen and oxygen atoms in total. The van der Waals surface area contributed by atoms with Crippen molar-refractivity contribution in [2.24, 2.45) is 0 Å². The number of nitrogens with one attached hydrogen (secondary N) is 2. The Balaban J connectivity index is 1.52. The number of rotatable bonds is 8. The molecule has 32 heavy (non-hydrogen) atoms. The first kappa shape index (κ1) is 22.2. The Morgan fingerprint density at radius 3 is 2.16 bits per heavy atom. The predicted molar refractivity (Wildman–Crippen MR) is 126 cm³/mol. The second-order valence-corrected chi connectivity index (χ2v) is 8.36. The van der Waals surface area contributed by atoms with E-state index >= 15 is 0 Å². The van der Waals surface area contributed by atoms with Gasteiger partial charge in [0.1, 0.15) is 5.82 Å². The van der Waals surface area contributed by atoms with Crippen molar-refractivity contribution < 1.29 is 9.18 Å². The lowest BCUT2D eigenvalue weighted by molar-refractivity contribution is -0.125. The number of likely N-dealkylation sites (tertiary alicyclic amines) is 1. The highest BCUT2D eigenvalue weighted by Gasteiger charge is 2.37. The molecule has 3 aromatic rings. The van der Waals surface area contributed by atoms with Crippen LogP contribution in [0.3, 0.4) is 0 Å². The molecule has 0 spiro atoms. The van der Waals surface area contributed by atoms with Crippen molar-refractivity contribution in [3.05, 3.63) is 107 Å². The zero-order valence-electron chi connectivity index (χ0n) is 18.4. The number of benzene rings is 3. The smallest absolute Gasteiger partial charge is 0.237 e. The van der Waals surface area contributed by atoms with Gasteiger partial charge in [0.05, 0.1) is 6.04 Å². The number of amides is 1. The van der Waals surface area contributed by atoms with E-state index in [2.05, 4.69) is 64.1 Å². The van der Waals surface area contributed by atoms with Gasteiger partial charge in [0.15, 0.2) is 0 Å². The van der Waals surface area contributed by atoms with Crippen LogP contribution in [0.4, 0.5) is 4.39 Å². The highest BCUT2D eigenvalue weighted by Crippen LogP contribution is 2.29. The van der Waals surface area contributed by atoms with Crippen LogP contribution in [0.15, 0.2) is 84.9 Å². The van der Waals surface area contributed by atoms with Gasteiger partial charge < -0.3 is 10.6 Å². The highest BCUT2D eigenvalue weighted by atomic mass is 19.1. The van der Waals surface area contributed by atoms with Gasteiger partial charge in [-0.1, -0.05) is 78.9 Å². The number of hydrogen-bond acceptors (Lipinski definition) is 3. The van der Waals surface area contributed by atoms with Crippen molar-refractivity contribution in [3.63, 3.8) is 0 Å². The molecule has 0 saturated carbocycles. The Bertz CT molecular complexity index is 972. The number of nitrogens with zero attached hydrogens (tertiary/aromatic N) is 1. The van der Waals surface area contributed by atoms with E-state index in [1.165, 1.54) is 17.2 Å². The van der Waals surface area contributed by atoms with Crippen LogP contribution in [0, 0.1) is 5.82 Å². The molecule has 0 aromatic heterocycles. The van der Waals surface area contributed by atoms with E-state index in [4.69, 9.17) is 0 Å². The van der Waals surface area contributed by atoms with Gasteiger partial charge in [-0.15, -0.1) is 0 Å². The van der Waals surface area contributed by atoms with Gasteiger partial charge in [-0.3, -0.25) is 9.69 Å². The summed E-state index contributed by atoms with van der Waals surface area (Å²) >= 11 is 0. The van der Waals surface area contributed by atoms with E-state index in [9.17, 15) is 9.18 Å². The minimum atomic E-state index is -0.215. The van der Waals surface area contributed by atoms with E-state index in [0.717, 1.165) is 13.1 Å². The normalized spacial score (nSPS) is 18.7. The largest absolute Gasteiger partial charge is 0.358 e. The van der Waals surface area contributed by atoms with Crippen LogP contribution in [0.2, 0.25) is 0 Å². The maximum atomic E-state index is 14.0. The molecular weight excluding hydrogens is 401 g/mol. The van der Waals surface area contributed by atoms with Crippen LogP contribution in [0.1, 0.15) is 29.0 Å². The van der Waals surface area contributed by atoms with E-state index in [-0.39, 0.29) is 29.7 Å². The summed E-state index contributed by atoms with van der Waals surface area (Å²) < 4.78 is 14.0. The second-order valence-electron chi connectivity index (χ2n) is 8.36. The molecule has 1 aliphatic heterocycles. The van der Waals surface area contributed by atoms with Crippen molar-refractivity contribution in [2.75, 3.05) is 20.1 Å². The molecule has 3 aromatic carbocycles. The van der Waals surface area contributed by atoms with Crippen molar-refractivity contribution in [1.82, 2.24) is 15.5 Å². The van der Waals surface area contributed by atoms with E-state index in [1.807, 2.05) is 18.2 Å². The lowest BCUT2D eigenvalue weighted by Crippen LogP contribution is -2.43. The molecule has 1 heterocycles. The van der Waals surface area contributed by atoms with E-state index < -0.39 is 0 Å². The van der Waals surface area contributed by atoms with Crippen molar-refractivity contribution >= 4 is 5.91 Å². The van der Waals surface area contributed by atoms with Crippen LogP contribution in [-0.2, 0) is 11.3 Å². The van der Waals surface area contributed by atoms with Crippen LogP contribution in [0.5, 0.6) is 0 Å². The topological polar surface area (TPSA) is 44.4 Å². The van der Waals surface area contributed by atoms with Crippen LogP contribution in [-0.4, -0.2) is 43.0 Å². The number of halogens is 1. The summed E-state index contributed by atoms with van der Waals surface area (Å²) in [5.41, 5.74) is 3.11. The van der Waals surface area contributed by atoms with Gasteiger partial charge in [0.2, 0.25) is 5.91 Å². The SMILES string of the molecule is CNC(=O)[C@@H]1C[C@H](NCc2ccccc2F)CN1CC(c1ccccc1)c1ccccc1. The number of carbonyl (C=O) groups excluding carboxylic acids is 1. The maximum Gasteiger partial charge on any atom is 0.237 e. The first-order valence-corrected chi connectivity index (χ1v) is 11.2. The Morgan fingerprint density at radius 1 is 0.969 bits per heavy atom. The van der Waals surface area contributed by atoms with Crippen LogP contribution in [0.25, 0.3) is 0 Å². The third-order valence-electron chi connectivity index (χ3n) is 6.31. The first-order chi connectivity index (χ1) is 15.7. The number of hydrogen-bond donors (Lipinski definition) is 2. The molecular formula is C27H30FN3O. The van der Waals surface area contributed by atoms with Gasteiger partial charge >= 0.3 is 0 Å². The summed E-state index contributed by atoms with van der Waals surface area (Å²) in [4.78, 5) is 15.0. The van der Waals surface area contributed by atoms with Crippen molar-refractivity contribution in [3.8, 4) is 0 Å². The molecule has 0 radical (unpaired) electrons. The Hall–Kier alpha value is -3.02. The molecule has 1 aliphatic rings. The van der Waals surface area contributed by atoms with Crippen molar-refractivity contribution in [2.45, 2.75) is 31.0 Å². The molecule has 1 saturated heterocycles. The fourth-order valence-corrected chi connectivity index (χ4v) is 4.60. The van der Waals surface area contributed by atoms with Gasteiger partial charge in [0, 0.05) is 44.2 Å². The van der Waals surface area contributed by atoms with Gasteiger partial charge in [-0.25, -0.2) is 4.39 Å². The molecule has 4 rings (SSSR count). The summed E-state index contributed by atoms with van der Waals surface area (Å²) in [5.74, 6) is -0.0131. The molecule has 0 aliphatic carbocycles. The quantitative estimate of drug-likeness (QED) is 0.568. The summed E-state index contributed by atoms with van der Waals surface area (Å²) in [6.45, 7) is 1.93. The molecule has 2 atom stereocenters. The monoisotopic (exact) mass is 431 g/mol. The average molecular weight is 432 g/mol. The molecule has 0 unspecified atom stereocenters. The number of carbonyl (C=O) groups is 1. The summed E-state index contributed by atoms with van der Waals surface area (Å²) in [6, 6.07) is 27.6. The zero-order chi connectivity index (χ0) is 22.3. The van der Waals surface area contributed by atoms with Crippen molar-refractivity contribution in [1.29, 1.82) is 0 Å². The highest BCUT2D eigenvalue weighted by molar-refractivity contribution is 5.81. The third kappa shape index (κ3) is 5.23. The molecule has 5 heteroatoms. The lowest BCUT2D eigenvalue weighted by Gasteiger charge is -2.28. The molecule has 0 bridgehead atoms. The van der Waals surface area contributed by atoms with E-state index in [1.54, 1.807) is 19.2 Å². The summed E-state index contributed by atoms with van der Waals surface area (Å²) in [7, 11) is 1.69. The summed E-state index contributed by atoms with van der Waals surface area (Å²) in [5, 5.41) is 6.29. The lowest BCUT2D eigenvalue weighted by atomic mass is 9.90. The molecule has 166 valence electrons. The minimum absolute atomic E-state index is 0.0278. The standard InChI is InChI=1S/C27H30FN3O/c1-29-27(32)26-16-23(30-17-22-14-8-9-15-25(22)28)18-31(26)19-24(20-10-4-2-5-11-20)21-12-6-3-7-13-21/h2-15,23-24,26,30H,16-19H2,1H3,(H,29,32)/t23-,26-/m0/s1. The fourth-order valence-electron chi connectivity index (χ4n) is 4.60. The van der Waals surface area contributed by atoms with Crippen LogP contribution < -0.4 is 10.6 Å². The average Bonchev–Trinajstić information content (AvgIpc) is 3.25. The van der Waals surface area contributed by atoms with E-state index in [0.29, 0.717) is 18.5 Å². The Labute approximate surface area is 189 Å². The Morgan fingerprint density at radius 2 is 1.56 bits per heavy atom.